The average molecular weight is 349 g/mol. The Bertz CT molecular complexity index is 1150. The number of hydrogen-bond acceptors (Lipinski definition) is 6. The number of nitrogens with one attached hydrogen (secondary N) is 1. The highest BCUT2D eigenvalue weighted by atomic mass is 16.1. The van der Waals surface area contributed by atoms with E-state index in [2.05, 4.69) is 39.1 Å². The lowest BCUT2D eigenvalue weighted by molar-refractivity contribution is 0.754. The van der Waals surface area contributed by atoms with E-state index in [0.717, 1.165) is 11.4 Å². The monoisotopic (exact) mass is 349 g/mol. The molecule has 8 nitrogen and oxygen atoms in total. The number of para-hydroxylation sites is 1. The fourth-order valence-corrected chi connectivity index (χ4v) is 2.91. The van der Waals surface area contributed by atoms with E-state index >= 15 is 0 Å². The van der Waals surface area contributed by atoms with Gasteiger partial charge in [0.05, 0.1) is 28.8 Å². The van der Waals surface area contributed by atoms with Gasteiger partial charge in [-0.05, 0) is 24.1 Å². The van der Waals surface area contributed by atoms with Crippen LogP contribution in [0.1, 0.15) is 31.3 Å². The third-order valence-electron chi connectivity index (χ3n) is 4.32. The van der Waals surface area contributed by atoms with Gasteiger partial charge in [0.25, 0.3) is 5.56 Å². The van der Waals surface area contributed by atoms with Gasteiger partial charge in [0.1, 0.15) is 12.2 Å². The van der Waals surface area contributed by atoms with Crippen molar-refractivity contribution >= 4 is 22.2 Å². The summed E-state index contributed by atoms with van der Waals surface area (Å²) in [7, 11) is 1.93. The van der Waals surface area contributed by atoms with Crippen molar-refractivity contribution in [3.05, 3.63) is 58.5 Å². The van der Waals surface area contributed by atoms with E-state index in [1.807, 2.05) is 36.2 Å². The van der Waals surface area contributed by atoms with Crippen molar-refractivity contribution in [1.82, 2.24) is 29.8 Å². The molecule has 0 amide bonds. The zero-order chi connectivity index (χ0) is 18.3. The van der Waals surface area contributed by atoms with Crippen LogP contribution in [0.2, 0.25) is 0 Å². The first-order valence-electron chi connectivity index (χ1n) is 8.43. The van der Waals surface area contributed by atoms with E-state index in [9.17, 15) is 4.79 Å². The zero-order valence-electron chi connectivity index (χ0n) is 14.8. The Balaban J connectivity index is 1.75. The molecule has 1 N–H and O–H groups in total. The number of aromatic amines is 1. The highest BCUT2D eigenvalue weighted by molar-refractivity contribution is 5.77. The van der Waals surface area contributed by atoms with E-state index in [4.69, 9.17) is 0 Å². The maximum atomic E-state index is 12.3. The number of aromatic nitrogens is 6. The van der Waals surface area contributed by atoms with Gasteiger partial charge in [-0.1, -0.05) is 26.0 Å². The van der Waals surface area contributed by atoms with Gasteiger partial charge in [-0.25, -0.2) is 4.98 Å². The second kappa shape index (κ2) is 6.21. The minimum absolute atomic E-state index is 0.135. The number of rotatable bonds is 4. The summed E-state index contributed by atoms with van der Waals surface area (Å²) in [4.78, 5) is 21.7. The molecule has 4 aromatic rings. The Morgan fingerprint density at radius 2 is 2.08 bits per heavy atom. The normalized spacial score (nSPS) is 11.5. The lowest BCUT2D eigenvalue weighted by Crippen LogP contribution is -2.22. The number of hydrogen-bond donors (Lipinski definition) is 1. The Hall–Kier alpha value is -3.29. The molecule has 0 fully saturated rings. The smallest absolute Gasteiger partial charge is 0.258 e. The van der Waals surface area contributed by atoms with Crippen LogP contribution in [0.15, 0.2) is 41.5 Å². The van der Waals surface area contributed by atoms with Crippen LogP contribution in [-0.2, 0) is 6.54 Å². The molecule has 0 saturated heterocycles. The maximum Gasteiger partial charge on any atom is 0.258 e. The van der Waals surface area contributed by atoms with Crippen LogP contribution in [0.25, 0.3) is 16.6 Å². The summed E-state index contributed by atoms with van der Waals surface area (Å²) >= 11 is 0. The van der Waals surface area contributed by atoms with Crippen LogP contribution < -0.4 is 10.5 Å². The van der Waals surface area contributed by atoms with Crippen LogP contribution in [0.5, 0.6) is 0 Å². The number of fused-ring (bicyclic) bond motifs is 2. The van der Waals surface area contributed by atoms with Gasteiger partial charge in [0.15, 0.2) is 0 Å². The third kappa shape index (κ3) is 2.79. The Morgan fingerprint density at radius 3 is 2.88 bits per heavy atom. The molecule has 26 heavy (non-hydrogen) atoms. The molecule has 0 radical (unpaired) electrons. The highest BCUT2D eigenvalue weighted by Gasteiger charge is 2.15. The van der Waals surface area contributed by atoms with E-state index in [0.29, 0.717) is 28.9 Å². The van der Waals surface area contributed by atoms with Crippen molar-refractivity contribution < 1.29 is 0 Å². The summed E-state index contributed by atoms with van der Waals surface area (Å²) < 4.78 is 1.68. The van der Waals surface area contributed by atoms with E-state index in [1.165, 1.54) is 0 Å². The molecular formula is C18H19N7O. The van der Waals surface area contributed by atoms with Crippen molar-refractivity contribution in [3.8, 4) is 0 Å². The van der Waals surface area contributed by atoms with E-state index in [1.54, 1.807) is 16.9 Å². The lowest BCUT2D eigenvalue weighted by Gasteiger charge is -2.20. The fourth-order valence-electron chi connectivity index (χ4n) is 2.91. The van der Waals surface area contributed by atoms with Crippen LogP contribution in [0.3, 0.4) is 0 Å². The maximum absolute atomic E-state index is 12.3. The van der Waals surface area contributed by atoms with Gasteiger partial charge in [-0.2, -0.15) is 9.61 Å². The SMILES string of the molecule is CC(C)c1cc(N(C)Cc2nc3ccccc3c(=O)[nH]2)c2nncn2n1. The fraction of sp³-hybridized carbons (Fsp3) is 0.278. The molecule has 4 rings (SSSR count). The molecule has 0 aliphatic heterocycles. The molecule has 0 aliphatic carbocycles. The lowest BCUT2D eigenvalue weighted by atomic mass is 10.1. The van der Waals surface area contributed by atoms with Crippen molar-refractivity contribution in [3.63, 3.8) is 0 Å². The molecule has 0 aliphatic rings. The molecule has 1 aromatic carbocycles. The Morgan fingerprint density at radius 1 is 1.27 bits per heavy atom. The molecule has 0 saturated carbocycles. The summed E-state index contributed by atoms with van der Waals surface area (Å²) in [6.07, 6.45) is 1.59. The summed E-state index contributed by atoms with van der Waals surface area (Å²) in [5.74, 6) is 0.865. The number of anilines is 1. The Kier molecular flexibility index (Phi) is 3.87. The molecule has 0 atom stereocenters. The van der Waals surface area contributed by atoms with Crippen LogP contribution in [0.4, 0.5) is 5.69 Å². The molecule has 3 heterocycles. The van der Waals surface area contributed by atoms with Crippen molar-refractivity contribution in [2.45, 2.75) is 26.3 Å². The van der Waals surface area contributed by atoms with E-state index < -0.39 is 0 Å². The molecular weight excluding hydrogens is 330 g/mol. The van der Waals surface area contributed by atoms with Gasteiger partial charge < -0.3 is 9.88 Å². The van der Waals surface area contributed by atoms with Crippen LogP contribution in [-0.4, -0.2) is 36.8 Å². The molecule has 0 bridgehead atoms. The van der Waals surface area contributed by atoms with Gasteiger partial charge in [-0.3, -0.25) is 4.79 Å². The highest BCUT2D eigenvalue weighted by Crippen LogP contribution is 2.23. The second-order valence-electron chi connectivity index (χ2n) is 6.59. The molecule has 3 aromatic heterocycles. The zero-order valence-corrected chi connectivity index (χ0v) is 14.8. The average Bonchev–Trinajstić information content (AvgIpc) is 3.09. The minimum Gasteiger partial charge on any atom is -0.364 e. The number of nitrogens with zero attached hydrogens (tertiary/aromatic N) is 6. The van der Waals surface area contributed by atoms with Crippen molar-refractivity contribution in [2.24, 2.45) is 0 Å². The minimum atomic E-state index is -0.135. The number of H-pyrrole nitrogens is 1. The first kappa shape index (κ1) is 16.2. The second-order valence-corrected chi connectivity index (χ2v) is 6.59. The van der Waals surface area contributed by atoms with Crippen LogP contribution >= 0.6 is 0 Å². The predicted molar refractivity (Wildman–Crippen MR) is 99.3 cm³/mol. The Labute approximate surface area is 149 Å². The third-order valence-corrected chi connectivity index (χ3v) is 4.32. The first-order chi connectivity index (χ1) is 12.5. The topological polar surface area (TPSA) is 92.1 Å². The summed E-state index contributed by atoms with van der Waals surface area (Å²) in [5, 5.41) is 13.2. The first-order valence-corrected chi connectivity index (χ1v) is 8.43. The summed E-state index contributed by atoms with van der Waals surface area (Å²) in [6, 6.07) is 9.32. The van der Waals surface area contributed by atoms with Gasteiger partial charge in [0.2, 0.25) is 5.65 Å². The summed E-state index contributed by atoms with van der Waals surface area (Å²) in [6.45, 7) is 4.61. The van der Waals surface area contributed by atoms with Crippen LogP contribution in [0, 0.1) is 0 Å². The quantitative estimate of drug-likeness (QED) is 0.607. The molecule has 0 unspecified atom stereocenters. The number of benzene rings is 1. The molecule has 8 heteroatoms. The standard InChI is InChI=1S/C18H19N7O/c1-11(2)14-8-15(17-22-19-10-25(17)23-14)24(3)9-16-20-13-7-5-4-6-12(13)18(26)21-16/h4-8,10-11H,9H2,1-3H3,(H,20,21,26). The predicted octanol–water partition coefficient (Wildman–Crippen LogP) is 2.12. The van der Waals surface area contributed by atoms with Crippen molar-refractivity contribution in [2.75, 3.05) is 11.9 Å². The largest absolute Gasteiger partial charge is 0.364 e. The summed E-state index contributed by atoms with van der Waals surface area (Å²) in [5.41, 5.74) is 3.05. The van der Waals surface area contributed by atoms with Gasteiger partial charge in [0, 0.05) is 7.05 Å². The van der Waals surface area contributed by atoms with E-state index in [-0.39, 0.29) is 11.5 Å². The molecule has 0 spiro atoms. The van der Waals surface area contributed by atoms with Gasteiger partial charge in [-0.15, -0.1) is 10.2 Å². The molecule has 132 valence electrons. The van der Waals surface area contributed by atoms with Gasteiger partial charge >= 0.3 is 0 Å². The van der Waals surface area contributed by atoms with Crippen molar-refractivity contribution in [1.29, 1.82) is 0 Å².